The van der Waals surface area contributed by atoms with Gasteiger partial charge in [-0.3, -0.25) is 0 Å². The Morgan fingerprint density at radius 1 is 1.44 bits per heavy atom. The Morgan fingerprint density at radius 2 is 2.31 bits per heavy atom. The quantitative estimate of drug-likeness (QED) is 0.791. The SMILES string of the molecule is Cc1ccc(F)cc1OCC1=CCNCC1. The summed E-state index contributed by atoms with van der Waals surface area (Å²) in [5, 5.41) is 3.24. The van der Waals surface area contributed by atoms with Gasteiger partial charge in [-0.05, 0) is 37.1 Å². The predicted molar refractivity (Wildman–Crippen MR) is 62.2 cm³/mol. The molecule has 0 saturated heterocycles. The highest BCUT2D eigenvalue weighted by Crippen LogP contribution is 2.19. The molecule has 0 atom stereocenters. The second-order valence-electron chi connectivity index (χ2n) is 4.01. The summed E-state index contributed by atoms with van der Waals surface area (Å²) in [6.07, 6.45) is 3.15. The van der Waals surface area contributed by atoms with Gasteiger partial charge in [-0.1, -0.05) is 12.1 Å². The number of ether oxygens (including phenoxy) is 1. The lowest BCUT2D eigenvalue weighted by molar-refractivity contribution is 0.340. The monoisotopic (exact) mass is 221 g/mol. The standard InChI is InChI=1S/C13H16FNO/c1-10-2-3-12(14)8-13(10)16-9-11-4-6-15-7-5-11/h2-4,8,15H,5-7,9H2,1H3. The van der Waals surface area contributed by atoms with E-state index >= 15 is 0 Å². The summed E-state index contributed by atoms with van der Waals surface area (Å²) in [6, 6.07) is 4.63. The van der Waals surface area contributed by atoms with Gasteiger partial charge < -0.3 is 10.1 Å². The third-order valence-electron chi connectivity index (χ3n) is 2.72. The van der Waals surface area contributed by atoms with Crippen molar-refractivity contribution >= 4 is 0 Å². The number of nitrogens with one attached hydrogen (secondary N) is 1. The molecule has 1 aromatic rings. The van der Waals surface area contributed by atoms with Crippen LogP contribution in [0.1, 0.15) is 12.0 Å². The van der Waals surface area contributed by atoms with E-state index in [4.69, 9.17) is 4.74 Å². The molecule has 1 aliphatic rings. The molecule has 1 heterocycles. The minimum atomic E-state index is -0.250. The van der Waals surface area contributed by atoms with Crippen LogP contribution in [-0.4, -0.2) is 19.7 Å². The topological polar surface area (TPSA) is 21.3 Å². The molecule has 1 N–H and O–H groups in total. The molecule has 1 aromatic carbocycles. The van der Waals surface area contributed by atoms with E-state index < -0.39 is 0 Å². The Labute approximate surface area is 95.1 Å². The number of hydrogen-bond donors (Lipinski definition) is 1. The van der Waals surface area contributed by atoms with Crippen LogP contribution in [0.25, 0.3) is 0 Å². The lowest BCUT2D eigenvalue weighted by Crippen LogP contribution is -2.22. The molecule has 0 aliphatic carbocycles. The molecule has 0 radical (unpaired) electrons. The van der Waals surface area contributed by atoms with Crippen LogP contribution in [0.15, 0.2) is 29.8 Å². The molecule has 0 bridgehead atoms. The van der Waals surface area contributed by atoms with Crippen LogP contribution in [-0.2, 0) is 0 Å². The molecule has 2 nitrogen and oxygen atoms in total. The number of aryl methyl sites for hydroxylation is 1. The number of hydrogen-bond acceptors (Lipinski definition) is 2. The minimum Gasteiger partial charge on any atom is -0.489 e. The van der Waals surface area contributed by atoms with Crippen LogP contribution >= 0.6 is 0 Å². The smallest absolute Gasteiger partial charge is 0.126 e. The molecule has 3 heteroatoms. The van der Waals surface area contributed by atoms with E-state index in [0.29, 0.717) is 12.4 Å². The second kappa shape index (κ2) is 5.12. The number of halogens is 1. The lowest BCUT2D eigenvalue weighted by atomic mass is 10.1. The van der Waals surface area contributed by atoms with Gasteiger partial charge in [0.25, 0.3) is 0 Å². The Kier molecular flexibility index (Phi) is 3.57. The molecule has 0 aromatic heterocycles. The van der Waals surface area contributed by atoms with Crippen molar-refractivity contribution in [1.29, 1.82) is 0 Å². The molecule has 1 aliphatic heterocycles. The van der Waals surface area contributed by atoms with Crippen LogP contribution < -0.4 is 10.1 Å². The van der Waals surface area contributed by atoms with Crippen molar-refractivity contribution < 1.29 is 9.13 Å². The first-order chi connectivity index (χ1) is 7.75. The Balaban J connectivity index is 1.98. The predicted octanol–water partition coefficient (Wildman–Crippen LogP) is 2.43. The molecule has 0 spiro atoms. The van der Waals surface area contributed by atoms with E-state index in [9.17, 15) is 4.39 Å². The second-order valence-corrected chi connectivity index (χ2v) is 4.01. The summed E-state index contributed by atoms with van der Waals surface area (Å²) in [7, 11) is 0. The summed E-state index contributed by atoms with van der Waals surface area (Å²) in [6.45, 7) is 4.38. The number of rotatable bonds is 3. The van der Waals surface area contributed by atoms with Crippen molar-refractivity contribution in [1.82, 2.24) is 5.32 Å². The molecule has 0 fully saturated rings. The van der Waals surface area contributed by atoms with Gasteiger partial charge in [-0.15, -0.1) is 0 Å². The highest BCUT2D eigenvalue weighted by Gasteiger charge is 2.06. The highest BCUT2D eigenvalue weighted by molar-refractivity contribution is 5.33. The summed E-state index contributed by atoms with van der Waals surface area (Å²) in [5.74, 6) is 0.388. The van der Waals surface area contributed by atoms with Crippen LogP contribution in [0.3, 0.4) is 0 Å². The van der Waals surface area contributed by atoms with Crippen LogP contribution in [0.4, 0.5) is 4.39 Å². The van der Waals surface area contributed by atoms with E-state index in [2.05, 4.69) is 11.4 Å². The molecule has 16 heavy (non-hydrogen) atoms. The zero-order chi connectivity index (χ0) is 11.4. The van der Waals surface area contributed by atoms with Gasteiger partial charge in [0.1, 0.15) is 18.2 Å². The van der Waals surface area contributed by atoms with Crippen molar-refractivity contribution in [3.8, 4) is 5.75 Å². The summed E-state index contributed by atoms with van der Waals surface area (Å²) >= 11 is 0. The minimum absolute atomic E-state index is 0.250. The zero-order valence-corrected chi connectivity index (χ0v) is 9.42. The highest BCUT2D eigenvalue weighted by atomic mass is 19.1. The van der Waals surface area contributed by atoms with E-state index in [-0.39, 0.29) is 5.82 Å². The van der Waals surface area contributed by atoms with Gasteiger partial charge in [-0.2, -0.15) is 0 Å². The van der Waals surface area contributed by atoms with Gasteiger partial charge in [0.05, 0.1) is 0 Å². The molecule has 0 amide bonds. The summed E-state index contributed by atoms with van der Waals surface area (Å²) < 4.78 is 18.6. The first kappa shape index (κ1) is 11.1. The summed E-state index contributed by atoms with van der Waals surface area (Å²) in [5.41, 5.74) is 2.25. The van der Waals surface area contributed by atoms with Crippen molar-refractivity contribution in [3.63, 3.8) is 0 Å². The van der Waals surface area contributed by atoms with E-state index in [0.717, 1.165) is 25.1 Å². The average Bonchev–Trinajstić information content (AvgIpc) is 2.32. The van der Waals surface area contributed by atoms with Crippen LogP contribution in [0.2, 0.25) is 0 Å². The molecule has 0 unspecified atom stereocenters. The fourth-order valence-corrected chi connectivity index (χ4v) is 1.70. The van der Waals surface area contributed by atoms with Crippen molar-refractivity contribution in [3.05, 3.63) is 41.2 Å². The first-order valence-electron chi connectivity index (χ1n) is 5.53. The maximum Gasteiger partial charge on any atom is 0.126 e. The summed E-state index contributed by atoms with van der Waals surface area (Å²) in [4.78, 5) is 0. The van der Waals surface area contributed by atoms with Crippen molar-refractivity contribution in [2.45, 2.75) is 13.3 Å². The molecular formula is C13H16FNO. The van der Waals surface area contributed by atoms with Crippen molar-refractivity contribution in [2.24, 2.45) is 0 Å². The molecule has 0 saturated carbocycles. The third-order valence-corrected chi connectivity index (χ3v) is 2.72. The van der Waals surface area contributed by atoms with Gasteiger partial charge in [0.15, 0.2) is 0 Å². The van der Waals surface area contributed by atoms with Crippen LogP contribution in [0.5, 0.6) is 5.75 Å². The maximum atomic E-state index is 13.0. The maximum absolute atomic E-state index is 13.0. The Bertz CT molecular complexity index is 401. The van der Waals surface area contributed by atoms with Gasteiger partial charge in [-0.25, -0.2) is 4.39 Å². The lowest BCUT2D eigenvalue weighted by Gasteiger charge is -2.15. The zero-order valence-electron chi connectivity index (χ0n) is 9.42. The van der Waals surface area contributed by atoms with Gasteiger partial charge >= 0.3 is 0 Å². The first-order valence-corrected chi connectivity index (χ1v) is 5.53. The van der Waals surface area contributed by atoms with E-state index in [1.165, 1.54) is 17.7 Å². The molecule has 86 valence electrons. The fraction of sp³-hybridized carbons (Fsp3) is 0.385. The fourth-order valence-electron chi connectivity index (χ4n) is 1.70. The Morgan fingerprint density at radius 3 is 3.06 bits per heavy atom. The van der Waals surface area contributed by atoms with E-state index in [1.807, 2.05) is 6.92 Å². The Hall–Kier alpha value is -1.35. The third kappa shape index (κ3) is 2.83. The molecular weight excluding hydrogens is 205 g/mol. The average molecular weight is 221 g/mol. The van der Waals surface area contributed by atoms with Gasteiger partial charge in [0.2, 0.25) is 0 Å². The van der Waals surface area contributed by atoms with Crippen molar-refractivity contribution in [2.75, 3.05) is 19.7 Å². The van der Waals surface area contributed by atoms with Crippen LogP contribution in [0, 0.1) is 12.7 Å². The van der Waals surface area contributed by atoms with E-state index in [1.54, 1.807) is 6.07 Å². The van der Waals surface area contributed by atoms with Gasteiger partial charge in [0, 0.05) is 12.6 Å². The number of benzene rings is 1. The normalized spacial score (nSPS) is 15.8. The molecule has 2 rings (SSSR count). The largest absolute Gasteiger partial charge is 0.489 e.